The van der Waals surface area contributed by atoms with Crippen LogP contribution in [-0.2, 0) is 7.05 Å². The Morgan fingerprint density at radius 2 is 2.08 bits per heavy atom. The Bertz CT molecular complexity index is 473. The first kappa shape index (κ1) is 8.51. The zero-order valence-electron chi connectivity index (χ0n) is 7.80. The maximum absolute atomic E-state index is 6.15. The molecule has 0 spiro atoms. The summed E-state index contributed by atoms with van der Waals surface area (Å²) in [6, 6.07) is 0. The van der Waals surface area contributed by atoms with Gasteiger partial charge in [-0.05, 0) is 19.4 Å². The summed E-state index contributed by atoms with van der Waals surface area (Å²) in [6.45, 7) is 3.89. The van der Waals surface area contributed by atoms with Crippen molar-refractivity contribution in [2.45, 2.75) is 13.8 Å². The number of pyridine rings is 1. The second-order valence-electron chi connectivity index (χ2n) is 3.16. The molecule has 0 atom stereocenters. The summed E-state index contributed by atoms with van der Waals surface area (Å²) in [7, 11) is 1.87. The van der Waals surface area contributed by atoms with Crippen molar-refractivity contribution in [3.63, 3.8) is 0 Å². The third kappa shape index (κ3) is 1.11. The van der Waals surface area contributed by atoms with Gasteiger partial charge in [0.05, 0.1) is 16.1 Å². The lowest BCUT2D eigenvalue weighted by Crippen LogP contribution is -1.91. The molecule has 0 aliphatic heterocycles. The van der Waals surface area contributed by atoms with E-state index >= 15 is 0 Å². The first-order chi connectivity index (χ1) is 6.11. The summed E-state index contributed by atoms with van der Waals surface area (Å²) >= 11 is 6.15. The van der Waals surface area contributed by atoms with Crippen molar-refractivity contribution in [2.75, 3.05) is 0 Å². The zero-order chi connectivity index (χ0) is 9.59. The predicted molar refractivity (Wildman–Crippen MR) is 53.0 cm³/mol. The van der Waals surface area contributed by atoms with E-state index in [0.29, 0.717) is 0 Å². The van der Waals surface area contributed by atoms with Crippen LogP contribution in [0.2, 0.25) is 5.02 Å². The topological polar surface area (TPSA) is 30.7 Å². The van der Waals surface area contributed by atoms with Gasteiger partial charge in [0.15, 0.2) is 5.65 Å². The van der Waals surface area contributed by atoms with E-state index in [1.807, 2.05) is 20.9 Å². The van der Waals surface area contributed by atoms with Gasteiger partial charge in [-0.15, -0.1) is 0 Å². The number of rotatable bonds is 0. The average Bonchev–Trinajstić information content (AvgIpc) is 2.35. The highest BCUT2D eigenvalue weighted by Gasteiger charge is 2.10. The van der Waals surface area contributed by atoms with Crippen molar-refractivity contribution in [3.8, 4) is 0 Å². The molecule has 2 aromatic rings. The average molecular weight is 196 g/mol. The van der Waals surface area contributed by atoms with Crippen molar-refractivity contribution in [2.24, 2.45) is 7.05 Å². The fourth-order valence-electron chi connectivity index (χ4n) is 1.46. The molecule has 0 amide bonds. The molecule has 0 N–H and O–H groups in total. The monoisotopic (exact) mass is 195 g/mol. The highest BCUT2D eigenvalue weighted by molar-refractivity contribution is 6.36. The molecule has 13 heavy (non-hydrogen) atoms. The Balaban J connectivity index is 2.98. The van der Waals surface area contributed by atoms with Crippen LogP contribution in [0.25, 0.3) is 11.0 Å². The minimum absolute atomic E-state index is 0.760. The fourth-order valence-corrected chi connectivity index (χ4v) is 1.73. The molecule has 0 bridgehead atoms. The van der Waals surface area contributed by atoms with Crippen molar-refractivity contribution in [1.29, 1.82) is 0 Å². The molecular weight excluding hydrogens is 186 g/mol. The molecule has 3 nitrogen and oxygen atoms in total. The molecule has 0 fully saturated rings. The first-order valence-electron chi connectivity index (χ1n) is 4.05. The fraction of sp³-hybridized carbons (Fsp3) is 0.333. The van der Waals surface area contributed by atoms with Crippen molar-refractivity contribution in [1.82, 2.24) is 14.8 Å². The molecule has 0 aliphatic rings. The molecule has 0 radical (unpaired) electrons. The number of nitrogens with zero attached hydrogens (tertiary/aromatic N) is 3. The van der Waals surface area contributed by atoms with Crippen LogP contribution in [0.1, 0.15) is 11.3 Å². The van der Waals surface area contributed by atoms with E-state index in [2.05, 4.69) is 10.1 Å². The van der Waals surface area contributed by atoms with E-state index < -0.39 is 0 Å². The van der Waals surface area contributed by atoms with E-state index in [-0.39, 0.29) is 0 Å². The van der Waals surface area contributed by atoms with E-state index in [9.17, 15) is 0 Å². The highest BCUT2D eigenvalue weighted by Crippen LogP contribution is 2.26. The molecular formula is C9H10ClN3. The quantitative estimate of drug-likeness (QED) is 0.646. The van der Waals surface area contributed by atoms with Gasteiger partial charge in [-0.25, -0.2) is 4.98 Å². The minimum atomic E-state index is 0.760. The molecule has 2 heterocycles. The lowest BCUT2D eigenvalue weighted by Gasteiger charge is -1.98. The van der Waals surface area contributed by atoms with E-state index in [0.717, 1.165) is 27.3 Å². The van der Waals surface area contributed by atoms with Crippen LogP contribution in [0, 0.1) is 13.8 Å². The standard InChI is InChI=1S/C9H10ClN3/c1-5-4-11-9-7(8(5)10)6(2)12-13(9)3/h4H,1-3H3. The van der Waals surface area contributed by atoms with Gasteiger partial charge in [0, 0.05) is 13.2 Å². The second-order valence-corrected chi connectivity index (χ2v) is 3.54. The molecule has 0 unspecified atom stereocenters. The second kappa shape index (κ2) is 2.70. The highest BCUT2D eigenvalue weighted by atomic mass is 35.5. The van der Waals surface area contributed by atoms with Crippen LogP contribution in [0.5, 0.6) is 0 Å². The Hall–Kier alpha value is -1.09. The van der Waals surface area contributed by atoms with E-state index in [1.165, 1.54) is 0 Å². The lowest BCUT2D eigenvalue weighted by molar-refractivity contribution is 0.773. The molecule has 2 rings (SSSR count). The van der Waals surface area contributed by atoms with Gasteiger partial charge in [-0.2, -0.15) is 5.10 Å². The predicted octanol–water partition coefficient (Wildman–Crippen LogP) is 2.24. The molecule has 0 aromatic carbocycles. The maximum Gasteiger partial charge on any atom is 0.159 e. The number of aryl methyl sites for hydroxylation is 3. The normalized spacial score (nSPS) is 11.1. The lowest BCUT2D eigenvalue weighted by atomic mass is 10.2. The van der Waals surface area contributed by atoms with E-state index in [1.54, 1.807) is 10.9 Å². The Kier molecular flexibility index (Phi) is 1.77. The van der Waals surface area contributed by atoms with Crippen LogP contribution >= 0.6 is 11.6 Å². The molecule has 0 saturated heterocycles. The molecule has 4 heteroatoms. The van der Waals surface area contributed by atoms with Crippen molar-refractivity contribution < 1.29 is 0 Å². The largest absolute Gasteiger partial charge is 0.250 e. The summed E-state index contributed by atoms with van der Waals surface area (Å²) in [5, 5.41) is 5.98. The molecule has 2 aromatic heterocycles. The Morgan fingerprint density at radius 1 is 1.38 bits per heavy atom. The molecule has 0 saturated carbocycles. The third-order valence-corrected chi connectivity index (χ3v) is 2.63. The first-order valence-corrected chi connectivity index (χ1v) is 4.43. The van der Waals surface area contributed by atoms with Crippen LogP contribution in [0.15, 0.2) is 6.20 Å². The van der Waals surface area contributed by atoms with Crippen LogP contribution in [0.3, 0.4) is 0 Å². The van der Waals surface area contributed by atoms with Gasteiger partial charge in [-0.3, -0.25) is 4.68 Å². The van der Waals surface area contributed by atoms with Crippen LogP contribution in [-0.4, -0.2) is 14.8 Å². The van der Waals surface area contributed by atoms with Crippen molar-refractivity contribution in [3.05, 3.63) is 22.5 Å². The maximum atomic E-state index is 6.15. The number of fused-ring (bicyclic) bond motifs is 1. The van der Waals surface area contributed by atoms with Gasteiger partial charge >= 0.3 is 0 Å². The smallest absolute Gasteiger partial charge is 0.159 e. The summed E-state index contributed by atoms with van der Waals surface area (Å²) in [5.74, 6) is 0. The molecule has 0 aliphatic carbocycles. The zero-order valence-corrected chi connectivity index (χ0v) is 8.55. The number of hydrogen-bond acceptors (Lipinski definition) is 2. The van der Waals surface area contributed by atoms with Gasteiger partial charge < -0.3 is 0 Å². The van der Waals surface area contributed by atoms with Gasteiger partial charge in [0.2, 0.25) is 0 Å². The van der Waals surface area contributed by atoms with Gasteiger partial charge in [-0.1, -0.05) is 11.6 Å². The summed E-state index contributed by atoms with van der Waals surface area (Å²) in [5.41, 5.74) is 2.76. The van der Waals surface area contributed by atoms with Crippen molar-refractivity contribution >= 4 is 22.6 Å². The minimum Gasteiger partial charge on any atom is -0.250 e. The van der Waals surface area contributed by atoms with Crippen LogP contribution in [0.4, 0.5) is 0 Å². The summed E-state index contributed by atoms with van der Waals surface area (Å²) in [6.07, 6.45) is 1.77. The number of aromatic nitrogens is 3. The summed E-state index contributed by atoms with van der Waals surface area (Å²) < 4.78 is 1.75. The molecule has 68 valence electrons. The number of halogens is 1. The van der Waals surface area contributed by atoms with E-state index in [4.69, 9.17) is 11.6 Å². The Labute approximate surface area is 81.3 Å². The Morgan fingerprint density at radius 3 is 2.77 bits per heavy atom. The summed E-state index contributed by atoms with van der Waals surface area (Å²) in [4.78, 5) is 4.28. The van der Waals surface area contributed by atoms with Gasteiger partial charge in [0.1, 0.15) is 0 Å². The third-order valence-electron chi connectivity index (χ3n) is 2.14. The SMILES string of the molecule is Cc1cnc2c(c(C)nn2C)c1Cl. The van der Waals surface area contributed by atoms with Crippen LogP contribution < -0.4 is 0 Å². The number of hydrogen-bond donors (Lipinski definition) is 0. The van der Waals surface area contributed by atoms with Gasteiger partial charge in [0.25, 0.3) is 0 Å².